The molecule has 0 aromatic heterocycles. The van der Waals surface area contributed by atoms with Crippen molar-refractivity contribution >= 4 is 6.21 Å². The molecule has 0 aliphatic carbocycles. The number of aryl methyl sites for hydroxylation is 1. The molecule has 3 rings (SSSR count). The van der Waals surface area contributed by atoms with Gasteiger partial charge in [0.25, 0.3) is 0 Å². The van der Waals surface area contributed by atoms with Crippen LogP contribution in [0.2, 0.25) is 0 Å². The first-order valence-electron chi connectivity index (χ1n) is 8.78. The minimum atomic E-state index is 0.567. The lowest BCUT2D eigenvalue weighted by Gasteiger charge is -2.09. The van der Waals surface area contributed by atoms with E-state index >= 15 is 0 Å². The van der Waals surface area contributed by atoms with E-state index in [-0.39, 0.29) is 0 Å². The van der Waals surface area contributed by atoms with Crippen LogP contribution in [0, 0.1) is 6.92 Å². The fourth-order valence-electron chi connectivity index (χ4n) is 2.61. The Balaban J connectivity index is 1.47. The topological polar surface area (TPSA) is 30.8 Å². The molecular weight excluding hydrogens is 322 g/mol. The molecule has 0 heterocycles. The van der Waals surface area contributed by atoms with E-state index in [1.807, 2.05) is 61.5 Å². The van der Waals surface area contributed by atoms with E-state index in [1.54, 1.807) is 6.21 Å². The molecule has 26 heavy (non-hydrogen) atoms. The Morgan fingerprint density at radius 3 is 2.23 bits per heavy atom. The fraction of sp³-hybridized carbons (Fsp3) is 0.174. The zero-order chi connectivity index (χ0) is 18.0. The molecule has 0 spiro atoms. The molecule has 0 aliphatic heterocycles. The van der Waals surface area contributed by atoms with Crippen LogP contribution in [-0.2, 0) is 17.9 Å². The first kappa shape index (κ1) is 17.7. The average molecular weight is 345 g/mol. The molecule has 0 aliphatic rings. The summed E-state index contributed by atoms with van der Waals surface area (Å²) in [6.07, 6.45) is 2.59. The standard InChI is InChI=1S/C23H23NO2/c1-19-16-22(17-24-26-15-14-20-8-4-2-5-9-20)12-13-23(19)25-18-21-10-6-3-7-11-21/h2-13,16-17H,14-15,18H2,1H3/b24-17+. The first-order valence-corrected chi connectivity index (χ1v) is 8.78. The van der Waals surface area contributed by atoms with Crippen molar-refractivity contribution in [2.75, 3.05) is 6.61 Å². The van der Waals surface area contributed by atoms with E-state index in [2.05, 4.69) is 29.4 Å². The number of hydrogen-bond acceptors (Lipinski definition) is 3. The minimum Gasteiger partial charge on any atom is -0.489 e. The zero-order valence-corrected chi connectivity index (χ0v) is 15.0. The van der Waals surface area contributed by atoms with Crippen molar-refractivity contribution in [2.45, 2.75) is 20.0 Å². The molecule has 0 atom stereocenters. The van der Waals surface area contributed by atoms with E-state index in [1.165, 1.54) is 5.56 Å². The molecule has 0 amide bonds. The molecule has 0 saturated heterocycles. The summed E-state index contributed by atoms with van der Waals surface area (Å²) in [5.41, 5.74) is 4.48. The van der Waals surface area contributed by atoms with E-state index < -0.39 is 0 Å². The van der Waals surface area contributed by atoms with Crippen molar-refractivity contribution in [2.24, 2.45) is 5.16 Å². The third-order valence-electron chi connectivity index (χ3n) is 4.04. The number of hydrogen-bond donors (Lipinski definition) is 0. The van der Waals surface area contributed by atoms with Crippen molar-refractivity contribution in [3.05, 3.63) is 101 Å². The number of rotatable bonds is 8. The molecule has 0 N–H and O–H groups in total. The van der Waals surface area contributed by atoms with Crippen LogP contribution in [0.25, 0.3) is 0 Å². The molecule has 0 radical (unpaired) electrons. The van der Waals surface area contributed by atoms with Crippen LogP contribution in [0.4, 0.5) is 0 Å². The van der Waals surface area contributed by atoms with Gasteiger partial charge in [-0.2, -0.15) is 0 Å². The van der Waals surface area contributed by atoms with Crippen molar-refractivity contribution in [3.8, 4) is 5.75 Å². The second kappa shape index (κ2) is 9.42. The van der Waals surface area contributed by atoms with Crippen molar-refractivity contribution in [1.29, 1.82) is 0 Å². The number of benzene rings is 3. The Morgan fingerprint density at radius 1 is 0.846 bits per heavy atom. The normalized spacial score (nSPS) is 10.8. The molecule has 0 bridgehead atoms. The quantitative estimate of drug-likeness (QED) is 0.320. The Labute approximate surface area is 154 Å². The molecule has 3 aromatic carbocycles. The molecular formula is C23H23NO2. The predicted molar refractivity (Wildman–Crippen MR) is 106 cm³/mol. The van der Waals surface area contributed by atoms with Gasteiger partial charge in [-0.05, 0) is 47.4 Å². The van der Waals surface area contributed by atoms with Gasteiger partial charge in [-0.3, -0.25) is 0 Å². The summed E-state index contributed by atoms with van der Waals surface area (Å²) in [7, 11) is 0. The summed E-state index contributed by atoms with van der Waals surface area (Å²) in [6, 6.07) is 26.4. The molecule has 0 unspecified atom stereocenters. The van der Waals surface area contributed by atoms with Crippen LogP contribution >= 0.6 is 0 Å². The molecule has 0 saturated carbocycles. The largest absolute Gasteiger partial charge is 0.489 e. The van der Waals surface area contributed by atoms with Gasteiger partial charge in [0.1, 0.15) is 19.0 Å². The molecule has 3 nitrogen and oxygen atoms in total. The van der Waals surface area contributed by atoms with Crippen LogP contribution in [-0.4, -0.2) is 12.8 Å². The monoisotopic (exact) mass is 345 g/mol. The van der Waals surface area contributed by atoms with Gasteiger partial charge >= 0.3 is 0 Å². The number of ether oxygens (including phenoxy) is 1. The van der Waals surface area contributed by atoms with Gasteiger partial charge in [-0.15, -0.1) is 0 Å². The molecule has 0 fully saturated rings. The highest BCUT2D eigenvalue weighted by Gasteiger charge is 2.01. The minimum absolute atomic E-state index is 0.567. The van der Waals surface area contributed by atoms with Crippen LogP contribution in [0.5, 0.6) is 5.75 Å². The number of nitrogens with zero attached hydrogens (tertiary/aromatic N) is 1. The van der Waals surface area contributed by atoms with Crippen LogP contribution in [0.15, 0.2) is 84.0 Å². The van der Waals surface area contributed by atoms with Crippen molar-refractivity contribution < 1.29 is 9.57 Å². The second-order valence-corrected chi connectivity index (χ2v) is 6.10. The Hall–Kier alpha value is -3.07. The lowest BCUT2D eigenvalue weighted by Crippen LogP contribution is -1.98. The van der Waals surface area contributed by atoms with Gasteiger partial charge in [0.2, 0.25) is 0 Å². The summed E-state index contributed by atoms with van der Waals surface area (Å²) in [4.78, 5) is 5.36. The van der Waals surface area contributed by atoms with Gasteiger partial charge in [0.15, 0.2) is 0 Å². The SMILES string of the molecule is Cc1cc(/C=N/OCCc2ccccc2)ccc1OCc1ccccc1. The van der Waals surface area contributed by atoms with E-state index in [9.17, 15) is 0 Å². The predicted octanol–water partition coefficient (Wildman–Crippen LogP) is 5.17. The van der Waals surface area contributed by atoms with E-state index in [0.29, 0.717) is 13.2 Å². The third-order valence-corrected chi connectivity index (χ3v) is 4.04. The maximum absolute atomic E-state index is 5.89. The van der Waals surface area contributed by atoms with Crippen LogP contribution in [0.1, 0.15) is 22.3 Å². The highest BCUT2D eigenvalue weighted by molar-refractivity contribution is 5.79. The van der Waals surface area contributed by atoms with Crippen molar-refractivity contribution in [3.63, 3.8) is 0 Å². The summed E-state index contributed by atoms with van der Waals surface area (Å²) >= 11 is 0. The highest BCUT2D eigenvalue weighted by atomic mass is 16.6. The van der Waals surface area contributed by atoms with Gasteiger partial charge in [0, 0.05) is 6.42 Å². The third kappa shape index (κ3) is 5.49. The van der Waals surface area contributed by atoms with Gasteiger partial charge < -0.3 is 9.57 Å². The Bertz CT molecular complexity index is 829. The molecule has 3 heteroatoms. The van der Waals surface area contributed by atoms with Crippen molar-refractivity contribution in [1.82, 2.24) is 0 Å². The molecule has 3 aromatic rings. The summed E-state index contributed by atoms with van der Waals surface area (Å²) < 4.78 is 5.89. The van der Waals surface area contributed by atoms with Crippen LogP contribution in [0.3, 0.4) is 0 Å². The zero-order valence-electron chi connectivity index (χ0n) is 15.0. The lowest BCUT2D eigenvalue weighted by atomic mass is 10.1. The smallest absolute Gasteiger partial charge is 0.122 e. The lowest BCUT2D eigenvalue weighted by molar-refractivity contribution is 0.149. The summed E-state index contributed by atoms with van der Waals surface area (Å²) in [5, 5.41) is 4.06. The average Bonchev–Trinajstić information content (AvgIpc) is 2.69. The van der Waals surface area contributed by atoms with Crippen LogP contribution < -0.4 is 4.74 Å². The Kier molecular flexibility index (Phi) is 6.43. The van der Waals surface area contributed by atoms with Gasteiger partial charge in [0.05, 0.1) is 6.21 Å². The highest BCUT2D eigenvalue weighted by Crippen LogP contribution is 2.19. The van der Waals surface area contributed by atoms with Gasteiger partial charge in [-0.25, -0.2) is 0 Å². The second-order valence-electron chi connectivity index (χ2n) is 6.10. The summed E-state index contributed by atoms with van der Waals surface area (Å²) in [6.45, 7) is 3.17. The maximum Gasteiger partial charge on any atom is 0.122 e. The number of oxime groups is 1. The fourth-order valence-corrected chi connectivity index (χ4v) is 2.61. The molecule has 132 valence electrons. The first-order chi connectivity index (χ1) is 12.8. The Morgan fingerprint density at radius 2 is 1.54 bits per heavy atom. The maximum atomic E-state index is 5.89. The summed E-state index contributed by atoms with van der Waals surface area (Å²) in [5.74, 6) is 0.885. The van der Waals surface area contributed by atoms with E-state index in [0.717, 1.165) is 28.9 Å². The van der Waals surface area contributed by atoms with Gasteiger partial charge in [-0.1, -0.05) is 65.8 Å². The van der Waals surface area contributed by atoms with E-state index in [4.69, 9.17) is 9.57 Å².